The summed E-state index contributed by atoms with van der Waals surface area (Å²) >= 11 is 0. The van der Waals surface area contributed by atoms with Gasteiger partial charge in [-0.2, -0.15) is 10.5 Å². The Balaban J connectivity index is 4.61. The third-order valence-electron chi connectivity index (χ3n) is 0.800. The first-order valence-electron chi connectivity index (χ1n) is 3.68. The monoisotopic (exact) mass is 134 g/mol. The summed E-state index contributed by atoms with van der Waals surface area (Å²) in [6.45, 7) is 3.27. The molecule has 2 nitrogen and oxygen atoms in total. The van der Waals surface area contributed by atoms with E-state index in [1.165, 1.54) is 6.08 Å². The smallest absolute Gasteiger partial charge is 0.0909 e. The fourth-order valence-corrected chi connectivity index (χ4v) is 0.402. The first-order chi connectivity index (χ1) is 5.58. The van der Waals surface area contributed by atoms with Gasteiger partial charge < -0.3 is 0 Å². The van der Waals surface area contributed by atoms with Crippen LogP contribution < -0.4 is 0 Å². The third-order valence-corrected chi connectivity index (χ3v) is 0.800. The minimum atomic E-state index is -1.78. The predicted octanol–water partition coefficient (Wildman–Crippen LogP) is 1.78. The largest absolute Gasteiger partial charge is 0.198 e. The zero-order chi connectivity index (χ0) is 9.61. The standard InChI is InChI=1S/C8H8N2/c1-2-4-8(7-10)5-3-6-9/h2-3,5,8H,1,4H2/b5-3-/i4D2. The molecule has 0 aromatic rings. The van der Waals surface area contributed by atoms with Crippen molar-refractivity contribution in [3.05, 3.63) is 24.8 Å². The maximum Gasteiger partial charge on any atom is 0.0909 e. The van der Waals surface area contributed by atoms with Crippen molar-refractivity contribution >= 4 is 0 Å². The molecule has 0 rings (SSSR count). The zero-order valence-corrected chi connectivity index (χ0v) is 5.41. The summed E-state index contributed by atoms with van der Waals surface area (Å²) < 4.78 is 14.6. The molecule has 1 atom stereocenters. The number of allylic oxidation sites excluding steroid dienone is 3. The molecule has 0 saturated heterocycles. The second kappa shape index (κ2) is 5.59. The number of nitrogens with zero attached hydrogens (tertiary/aromatic N) is 2. The van der Waals surface area contributed by atoms with E-state index in [1.807, 2.05) is 0 Å². The van der Waals surface area contributed by atoms with E-state index in [-0.39, 0.29) is 0 Å². The summed E-state index contributed by atoms with van der Waals surface area (Å²) in [5.41, 5.74) is 0. The van der Waals surface area contributed by atoms with Crippen molar-refractivity contribution in [3.63, 3.8) is 0 Å². The van der Waals surface area contributed by atoms with Crippen molar-refractivity contribution in [1.29, 1.82) is 10.5 Å². The summed E-state index contributed by atoms with van der Waals surface area (Å²) in [6.07, 6.45) is 1.60. The Morgan fingerprint density at radius 2 is 2.40 bits per heavy atom. The van der Waals surface area contributed by atoms with Crippen LogP contribution in [0.15, 0.2) is 24.8 Å². The molecular weight excluding hydrogens is 124 g/mol. The SMILES string of the molecule is [2H]C([2H])(C=C)C(C#N)/C=C\C#N. The van der Waals surface area contributed by atoms with E-state index in [0.717, 1.165) is 12.2 Å². The van der Waals surface area contributed by atoms with Gasteiger partial charge in [0.2, 0.25) is 0 Å². The van der Waals surface area contributed by atoms with Gasteiger partial charge in [0.05, 0.1) is 18.1 Å². The maximum atomic E-state index is 8.52. The van der Waals surface area contributed by atoms with E-state index in [1.54, 1.807) is 12.1 Å². The van der Waals surface area contributed by atoms with Crippen LogP contribution in [0.25, 0.3) is 0 Å². The average molecular weight is 134 g/mol. The third kappa shape index (κ3) is 3.46. The number of hydrogen-bond donors (Lipinski definition) is 0. The van der Waals surface area contributed by atoms with Gasteiger partial charge in [0.25, 0.3) is 0 Å². The topological polar surface area (TPSA) is 47.6 Å². The average Bonchev–Trinajstić information content (AvgIpc) is 2.05. The van der Waals surface area contributed by atoms with Gasteiger partial charge in [0.1, 0.15) is 0 Å². The molecule has 0 bridgehead atoms. The molecule has 0 aliphatic rings. The summed E-state index contributed by atoms with van der Waals surface area (Å²) in [7, 11) is 0. The highest BCUT2D eigenvalue weighted by molar-refractivity contribution is 5.10. The Morgan fingerprint density at radius 3 is 2.80 bits per heavy atom. The first-order valence-corrected chi connectivity index (χ1v) is 2.68. The second-order valence-electron chi connectivity index (χ2n) is 1.47. The Morgan fingerprint density at radius 1 is 1.70 bits per heavy atom. The molecule has 2 heteroatoms. The fraction of sp³-hybridized carbons (Fsp3) is 0.250. The maximum absolute atomic E-state index is 8.52. The molecule has 0 amide bonds. The number of nitriles is 2. The molecular formula is C8H8N2. The van der Waals surface area contributed by atoms with Crippen LogP contribution in [0, 0.1) is 28.6 Å². The van der Waals surface area contributed by atoms with E-state index in [2.05, 4.69) is 6.58 Å². The molecule has 0 spiro atoms. The van der Waals surface area contributed by atoms with Crippen LogP contribution >= 0.6 is 0 Å². The molecule has 50 valence electrons. The zero-order valence-electron chi connectivity index (χ0n) is 7.41. The van der Waals surface area contributed by atoms with E-state index in [0.29, 0.717) is 0 Å². The normalized spacial score (nSPS) is 16.2. The van der Waals surface area contributed by atoms with Gasteiger partial charge in [0, 0.05) is 8.82 Å². The quantitative estimate of drug-likeness (QED) is 0.436. The van der Waals surface area contributed by atoms with Gasteiger partial charge in [-0.1, -0.05) is 12.2 Å². The van der Waals surface area contributed by atoms with Crippen molar-refractivity contribution in [2.75, 3.05) is 0 Å². The lowest BCUT2D eigenvalue weighted by molar-refractivity contribution is 0.849. The van der Waals surface area contributed by atoms with Gasteiger partial charge in [-0.25, -0.2) is 0 Å². The molecule has 0 radical (unpaired) electrons. The van der Waals surface area contributed by atoms with E-state index in [4.69, 9.17) is 13.3 Å². The molecule has 0 N–H and O–H groups in total. The summed E-state index contributed by atoms with van der Waals surface area (Å²) in [5, 5.41) is 16.7. The lowest BCUT2D eigenvalue weighted by Gasteiger charge is -1.93. The minimum absolute atomic E-state index is 0.949. The van der Waals surface area contributed by atoms with Crippen molar-refractivity contribution < 1.29 is 2.74 Å². The number of rotatable bonds is 3. The van der Waals surface area contributed by atoms with Crippen molar-refractivity contribution in [2.24, 2.45) is 5.92 Å². The molecule has 0 heterocycles. The highest BCUT2D eigenvalue weighted by Gasteiger charge is 1.96. The van der Waals surface area contributed by atoms with Crippen LogP contribution in [0.2, 0.25) is 0 Å². The Hall–Kier alpha value is -1.54. The summed E-state index contributed by atoms with van der Waals surface area (Å²) in [6, 6.07) is 3.44. The lowest BCUT2D eigenvalue weighted by atomic mass is 10.1. The molecule has 0 aliphatic carbocycles. The molecule has 10 heavy (non-hydrogen) atoms. The second-order valence-corrected chi connectivity index (χ2v) is 1.47. The van der Waals surface area contributed by atoms with Gasteiger partial charge in [0.15, 0.2) is 0 Å². The highest BCUT2D eigenvalue weighted by Crippen LogP contribution is 2.02. The molecule has 0 saturated carbocycles. The van der Waals surface area contributed by atoms with Crippen LogP contribution in [0.1, 0.15) is 9.11 Å². The van der Waals surface area contributed by atoms with Crippen LogP contribution in [-0.4, -0.2) is 0 Å². The molecule has 1 unspecified atom stereocenters. The van der Waals surface area contributed by atoms with Gasteiger partial charge >= 0.3 is 0 Å². The van der Waals surface area contributed by atoms with Crippen LogP contribution in [0.3, 0.4) is 0 Å². The van der Waals surface area contributed by atoms with Crippen molar-refractivity contribution in [3.8, 4) is 12.1 Å². The van der Waals surface area contributed by atoms with Gasteiger partial charge in [-0.3, -0.25) is 0 Å². The highest BCUT2D eigenvalue weighted by atomic mass is 14.3. The van der Waals surface area contributed by atoms with Crippen LogP contribution in [-0.2, 0) is 0 Å². The van der Waals surface area contributed by atoms with Crippen LogP contribution in [0.5, 0.6) is 0 Å². The Labute approximate surface area is 63.5 Å². The Kier molecular flexibility index (Phi) is 2.94. The Bertz CT molecular complexity index is 268. The summed E-state index contributed by atoms with van der Waals surface area (Å²) in [4.78, 5) is 0. The molecule has 0 aromatic heterocycles. The molecule has 0 aliphatic heterocycles. The van der Waals surface area contributed by atoms with Crippen molar-refractivity contribution in [1.82, 2.24) is 0 Å². The molecule has 0 fully saturated rings. The van der Waals surface area contributed by atoms with Crippen molar-refractivity contribution in [2.45, 2.75) is 6.37 Å². The molecule has 0 aromatic carbocycles. The minimum Gasteiger partial charge on any atom is -0.198 e. The van der Waals surface area contributed by atoms with Gasteiger partial charge in [-0.15, -0.1) is 6.58 Å². The van der Waals surface area contributed by atoms with E-state index >= 15 is 0 Å². The summed E-state index contributed by atoms with van der Waals surface area (Å²) in [5.74, 6) is -0.949. The van der Waals surface area contributed by atoms with E-state index in [9.17, 15) is 0 Å². The van der Waals surface area contributed by atoms with Crippen LogP contribution in [0.4, 0.5) is 0 Å². The van der Waals surface area contributed by atoms with Gasteiger partial charge in [-0.05, 0) is 6.37 Å². The number of hydrogen-bond acceptors (Lipinski definition) is 2. The first kappa shape index (κ1) is 5.26. The predicted molar refractivity (Wildman–Crippen MR) is 38.7 cm³/mol. The van der Waals surface area contributed by atoms with E-state index < -0.39 is 12.3 Å². The lowest BCUT2D eigenvalue weighted by Crippen LogP contribution is -1.87. The fourth-order valence-electron chi connectivity index (χ4n) is 0.402.